The number of fused-ring (bicyclic) bond motifs is 1. The molecule has 0 aromatic heterocycles. The van der Waals surface area contributed by atoms with E-state index in [4.69, 9.17) is 5.26 Å². The molecule has 13 heavy (non-hydrogen) atoms. The van der Waals surface area contributed by atoms with Crippen LogP contribution in [-0.2, 0) is 12.8 Å². The molecular weight excluding hydrogens is 158 g/mol. The van der Waals surface area contributed by atoms with Crippen LogP contribution in [0.15, 0.2) is 12.1 Å². The van der Waals surface area contributed by atoms with E-state index in [1.807, 2.05) is 26.0 Å². The van der Waals surface area contributed by atoms with Crippen molar-refractivity contribution in [3.8, 4) is 6.07 Å². The fraction of sp³-hybridized carbons (Fsp3) is 0.417. The number of nitriles is 1. The lowest BCUT2D eigenvalue weighted by Crippen LogP contribution is -2.12. The average Bonchev–Trinajstić information content (AvgIpc) is 2.11. The molecule has 0 atom stereocenters. The smallest absolute Gasteiger partial charge is 0.0994 e. The Hall–Kier alpha value is -1.29. The van der Waals surface area contributed by atoms with Crippen molar-refractivity contribution in [2.24, 2.45) is 0 Å². The van der Waals surface area contributed by atoms with Crippen LogP contribution in [0.3, 0.4) is 0 Å². The van der Waals surface area contributed by atoms with Crippen LogP contribution in [0.25, 0.3) is 0 Å². The zero-order chi connectivity index (χ0) is 9.84. The molecule has 0 unspecified atom stereocenters. The highest BCUT2D eigenvalue weighted by Crippen LogP contribution is 2.28. The van der Waals surface area contributed by atoms with Gasteiger partial charge in [-0.2, -0.15) is 5.26 Å². The molecule has 0 radical (unpaired) electrons. The summed E-state index contributed by atoms with van der Waals surface area (Å²) < 4.78 is 0. The first kappa shape index (κ1) is 9.80. The first-order chi connectivity index (χ1) is 6.33. The van der Waals surface area contributed by atoms with E-state index in [1.165, 1.54) is 16.7 Å². The molecule has 0 N–H and O–H groups in total. The maximum Gasteiger partial charge on any atom is 0.0994 e. The second kappa shape index (κ2) is 4.09. The molecule has 0 amide bonds. The minimum atomic E-state index is 0.872. The van der Waals surface area contributed by atoms with Crippen molar-refractivity contribution in [3.63, 3.8) is 0 Å². The number of aryl methyl sites for hydroxylation is 1. The third kappa shape index (κ3) is 1.58. The molecule has 1 aromatic carbocycles. The largest absolute Gasteiger partial charge is 0.192 e. The number of benzene rings is 1. The summed E-state index contributed by atoms with van der Waals surface area (Å²) in [4.78, 5) is 0. The summed E-state index contributed by atoms with van der Waals surface area (Å²) >= 11 is 0. The van der Waals surface area contributed by atoms with Crippen LogP contribution in [0.2, 0.25) is 0 Å². The maximum absolute atomic E-state index is 8.72. The molecule has 1 nitrogen and oxygen atoms in total. The van der Waals surface area contributed by atoms with Crippen molar-refractivity contribution in [2.75, 3.05) is 0 Å². The Bertz CT molecular complexity index is 345. The minimum Gasteiger partial charge on any atom is -0.192 e. The molecule has 1 heteroatoms. The predicted octanol–water partition coefficient (Wildman–Crippen LogP) is 2.99. The summed E-state index contributed by atoms with van der Waals surface area (Å²) in [5.74, 6) is 0. The van der Waals surface area contributed by atoms with Gasteiger partial charge in [0, 0.05) is 0 Å². The summed E-state index contributed by atoms with van der Waals surface area (Å²) in [6, 6.07) is 6.18. The fourth-order valence-corrected chi connectivity index (χ4v) is 1.62. The summed E-state index contributed by atoms with van der Waals surface area (Å²) in [6.45, 7) is 6.11. The van der Waals surface area contributed by atoms with E-state index in [1.54, 1.807) is 0 Å². The van der Waals surface area contributed by atoms with Gasteiger partial charge in [-0.15, -0.1) is 0 Å². The third-order valence-corrected chi connectivity index (χ3v) is 2.41. The van der Waals surface area contributed by atoms with Crippen LogP contribution < -0.4 is 0 Å². The molecule has 0 saturated carbocycles. The van der Waals surface area contributed by atoms with Gasteiger partial charge < -0.3 is 0 Å². The number of nitrogens with zero attached hydrogens (tertiary/aromatic N) is 1. The Morgan fingerprint density at radius 1 is 1.15 bits per heavy atom. The summed E-state index contributed by atoms with van der Waals surface area (Å²) in [7, 11) is 0. The SMILES string of the molecule is CC.Cc1ccc(C#N)c2c1CC2. The van der Waals surface area contributed by atoms with Gasteiger partial charge in [-0.1, -0.05) is 19.9 Å². The lowest BCUT2D eigenvalue weighted by Gasteiger charge is -2.21. The van der Waals surface area contributed by atoms with Crippen molar-refractivity contribution in [2.45, 2.75) is 33.6 Å². The van der Waals surface area contributed by atoms with E-state index < -0.39 is 0 Å². The maximum atomic E-state index is 8.72. The summed E-state index contributed by atoms with van der Waals surface area (Å²) in [5, 5.41) is 8.72. The van der Waals surface area contributed by atoms with Crippen molar-refractivity contribution in [1.82, 2.24) is 0 Å². The van der Waals surface area contributed by atoms with Crippen molar-refractivity contribution in [3.05, 3.63) is 34.4 Å². The highest BCUT2D eigenvalue weighted by molar-refractivity contribution is 5.51. The van der Waals surface area contributed by atoms with E-state index in [2.05, 4.69) is 13.0 Å². The zero-order valence-electron chi connectivity index (χ0n) is 8.52. The fourth-order valence-electron chi connectivity index (χ4n) is 1.62. The molecule has 2 rings (SSSR count). The summed E-state index contributed by atoms with van der Waals surface area (Å²) in [5.41, 5.74) is 4.90. The normalized spacial score (nSPS) is 11.5. The molecule has 0 spiro atoms. The standard InChI is InChI=1S/C10H9N.C2H6/c1-7-2-3-8(6-11)10-5-4-9(7)10;1-2/h2-3H,4-5H2,1H3;1-2H3. The quantitative estimate of drug-likeness (QED) is 0.591. The highest BCUT2D eigenvalue weighted by Gasteiger charge is 2.18. The van der Waals surface area contributed by atoms with E-state index in [0.717, 1.165) is 18.4 Å². The predicted molar refractivity (Wildman–Crippen MR) is 54.7 cm³/mol. The van der Waals surface area contributed by atoms with Gasteiger partial charge in [0.2, 0.25) is 0 Å². The van der Waals surface area contributed by atoms with Gasteiger partial charge >= 0.3 is 0 Å². The van der Waals surface area contributed by atoms with E-state index in [-0.39, 0.29) is 0 Å². The van der Waals surface area contributed by atoms with Gasteiger partial charge in [-0.3, -0.25) is 0 Å². The van der Waals surface area contributed by atoms with Crippen molar-refractivity contribution in [1.29, 1.82) is 5.26 Å². The van der Waals surface area contributed by atoms with E-state index in [0.29, 0.717) is 0 Å². The number of rotatable bonds is 0. The Kier molecular flexibility index (Phi) is 3.08. The van der Waals surface area contributed by atoms with Crippen LogP contribution in [0.4, 0.5) is 0 Å². The topological polar surface area (TPSA) is 23.8 Å². The van der Waals surface area contributed by atoms with Gasteiger partial charge in [0.1, 0.15) is 0 Å². The summed E-state index contributed by atoms with van der Waals surface area (Å²) in [6.07, 6.45) is 2.26. The van der Waals surface area contributed by atoms with E-state index >= 15 is 0 Å². The van der Waals surface area contributed by atoms with Crippen molar-refractivity contribution < 1.29 is 0 Å². The average molecular weight is 173 g/mol. The van der Waals surface area contributed by atoms with Gasteiger partial charge in [0.15, 0.2) is 0 Å². The molecule has 1 aromatic rings. The molecule has 1 aliphatic carbocycles. The van der Waals surface area contributed by atoms with Gasteiger partial charge in [-0.05, 0) is 42.5 Å². The van der Waals surface area contributed by atoms with E-state index in [9.17, 15) is 0 Å². The Balaban J connectivity index is 0.000000396. The molecule has 0 saturated heterocycles. The molecule has 0 bridgehead atoms. The lowest BCUT2D eigenvalue weighted by atomic mass is 9.82. The molecule has 0 heterocycles. The van der Waals surface area contributed by atoms with Crippen molar-refractivity contribution >= 4 is 0 Å². The van der Waals surface area contributed by atoms with Gasteiger partial charge in [-0.25, -0.2) is 0 Å². The Morgan fingerprint density at radius 2 is 1.77 bits per heavy atom. The Morgan fingerprint density at radius 3 is 2.23 bits per heavy atom. The van der Waals surface area contributed by atoms with Crippen LogP contribution in [-0.4, -0.2) is 0 Å². The first-order valence-corrected chi connectivity index (χ1v) is 4.84. The monoisotopic (exact) mass is 173 g/mol. The van der Waals surface area contributed by atoms with Crippen LogP contribution in [0.1, 0.15) is 36.1 Å². The second-order valence-corrected chi connectivity index (χ2v) is 3.00. The third-order valence-electron chi connectivity index (χ3n) is 2.41. The van der Waals surface area contributed by atoms with Gasteiger partial charge in [0.05, 0.1) is 11.6 Å². The van der Waals surface area contributed by atoms with Crippen LogP contribution in [0.5, 0.6) is 0 Å². The van der Waals surface area contributed by atoms with Crippen LogP contribution >= 0.6 is 0 Å². The zero-order valence-corrected chi connectivity index (χ0v) is 8.52. The molecular formula is C12H15N. The molecule has 0 aliphatic heterocycles. The van der Waals surface area contributed by atoms with Gasteiger partial charge in [0.25, 0.3) is 0 Å². The lowest BCUT2D eigenvalue weighted by molar-refractivity contribution is 0.823. The number of hydrogen-bond acceptors (Lipinski definition) is 1. The number of hydrogen-bond donors (Lipinski definition) is 0. The molecule has 1 aliphatic rings. The molecule has 0 fully saturated rings. The second-order valence-electron chi connectivity index (χ2n) is 3.00. The highest BCUT2D eigenvalue weighted by atomic mass is 14.3. The Labute approximate surface area is 80.0 Å². The van der Waals surface area contributed by atoms with Crippen LogP contribution in [0, 0.1) is 18.3 Å². The first-order valence-electron chi connectivity index (χ1n) is 4.84. The minimum absolute atomic E-state index is 0.872. The molecule has 68 valence electrons.